The van der Waals surface area contributed by atoms with Gasteiger partial charge in [0.25, 0.3) is 0 Å². The fraction of sp³-hybridized carbons (Fsp3) is 0.900. The molecule has 0 unspecified atom stereocenters. The summed E-state index contributed by atoms with van der Waals surface area (Å²) in [6.45, 7) is 5.95. The first-order valence-corrected chi connectivity index (χ1v) is 9.85. The summed E-state index contributed by atoms with van der Waals surface area (Å²) in [6, 6.07) is 0. The van der Waals surface area contributed by atoms with Gasteiger partial charge in [0.2, 0.25) is 0 Å². The average Bonchev–Trinajstić information content (AvgIpc) is 2.81. The Morgan fingerprint density at radius 3 is 2.38 bits per heavy atom. The molecule has 0 aliphatic heterocycles. The minimum atomic E-state index is -0.927. The molecule has 4 rings (SSSR count). The highest BCUT2D eigenvalue weighted by Crippen LogP contribution is 2.73. The van der Waals surface area contributed by atoms with Gasteiger partial charge in [-0.05, 0) is 63.7 Å². The van der Waals surface area contributed by atoms with Crippen molar-refractivity contribution in [2.75, 3.05) is 0 Å². The molecule has 4 fully saturated rings. The number of rotatable bonds is 1. The molecule has 0 radical (unpaired) electrons. The molecule has 0 aromatic carbocycles. The van der Waals surface area contributed by atoms with Gasteiger partial charge in [0.1, 0.15) is 0 Å². The van der Waals surface area contributed by atoms with E-state index in [1.165, 1.54) is 0 Å². The monoisotopic (exact) mass is 365 g/mol. The van der Waals surface area contributed by atoms with Crippen molar-refractivity contribution < 1.29 is 25.3 Å². The molecule has 26 heavy (non-hydrogen) atoms. The van der Waals surface area contributed by atoms with Crippen LogP contribution in [0.1, 0.15) is 65.7 Å². The van der Waals surface area contributed by atoms with Gasteiger partial charge in [-0.15, -0.1) is 0 Å². The van der Waals surface area contributed by atoms with Gasteiger partial charge in [-0.1, -0.05) is 19.0 Å². The lowest BCUT2D eigenvalue weighted by atomic mass is 9.39. The van der Waals surface area contributed by atoms with Crippen molar-refractivity contribution in [2.24, 2.45) is 38.7 Å². The Hall–Kier alpha value is -1.14. The highest BCUT2D eigenvalue weighted by molar-refractivity contribution is 5.93. The van der Waals surface area contributed by atoms with E-state index >= 15 is 0 Å². The maximum atomic E-state index is 12.1. The maximum absolute atomic E-state index is 12.1. The molecule has 1 spiro atoms. The maximum Gasteiger partial charge on any atom is 0.309 e. The Morgan fingerprint density at radius 2 is 1.77 bits per heavy atom. The van der Waals surface area contributed by atoms with E-state index in [4.69, 9.17) is 0 Å². The number of aliphatic hydroxyl groups excluding tert-OH is 2. The Kier molecular flexibility index (Phi) is 3.66. The first kappa shape index (κ1) is 18.2. The normalized spacial score (nSPS) is 57.5. The van der Waals surface area contributed by atoms with Crippen LogP contribution in [0.15, 0.2) is 5.16 Å². The van der Waals surface area contributed by atoms with Crippen LogP contribution in [-0.4, -0.2) is 44.4 Å². The highest BCUT2D eigenvalue weighted by Gasteiger charge is 2.72. The number of hydrogen-bond acceptors (Lipinski definition) is 5. The van der Waals surface area contributed by atoms with Crippen LogP contribution in [0.2, 0.25) is 0 Å². The van der Waals surface area contributed by atoms with Gasteiger partial charge in [-0.3, -0.25) is 4.79 Å². The quantitative estimate of drug-likeness (QED) is 0.422. The van der Waals surface area contributed by atoms with E-state index in [9.17, 15) is 25.3 Å². The molecule has 0 aromatic rings. The van der Waals surface area contributed by atoms with E-state index < -0.39 is 34.4 Å². The van der Waals surface area contributed by atoms with E-state index in [0.29, 0.717) is 25.7 Å². The summed E-state index contributed by atoms with van der Waals surface area (Å²) in [5, 5.41) is 45.4. The zero-order valence-electron chi connectivity index (χ0n) is 15.9. The second-order valence-corrected chi connectivity index (χ2v) is 10.2. The van der Waals surface area contributed by atoms with Crippen LogP contribution in [-0.2, 0) is 4.79 Å². The molecule has 0 heterocycles. The molecule has 0 amide bonds. The minimum Gasteiger partial charge on any atom is -0.481 e. The second kappa shape index (κ2) is 5.22. The molecule has 6 heteroatoms. The van der Waals surface area contributed by atoms with Gasteiger partial charge in [0, 0.05) is 16.2 Å². The molecule has 0 aromatic heterocycles. The third-order valence-corrected chi connectivity index (χ3v) is 9.25. The topological polar surface area (TPSA) is 110 Å². The van der Waals surface area contributed by atoms with Crippen LogP contribution in [0.25, 0.3) is 0 Å². The van der Waals surface area contributed by atoms with Gasteiger partial charge in [-0.25, -0.2) is 0 Å². The molecule has 4 aliphatic rings. The molecule has 4 saturated carbocycles. The van der Waals surface area contributed by atoms with Crippen LogP contribution < -0.4 is 0 Å². The lowest BCUT2D eigenvalue weighted by molar-refractivity contribution is -0.241. The Bertz CT molecular complexity index is 679. The lowest BCUT2D eigenvalue weighted by Crippen LogP contribution is -2.67. The van der Waals surface area contributed by atoms with E-state index in [0.717, 1.165) is 25.0 Å². The fourth-order valence-corrected chi connectivity index (χ4v) is 7.74. The lowest BCUT2D eigenvalue weighted by Gasteiger charge is -2.66. The fourth-order valence-electron chi connectivity index (χ4n) is 7.74. The van der Waals surface area contributed by atoms with E-state index in [1.54, 1.807) is 6.92 Å². The Morgan fingerprint density at radius 1 is 1.08 bits per heavy atom. The molecule has 0 saturated heterocycles. The van der Waals surface area contributed by atoms with Crippen LogP contribution in [0, 0.1) is 33.5 Å². The second-order valence-electron chi connectivity index (χ2n) is 10.2. The van der Waals surface area contributed by atoms with Crippen LogP contribution in [0.5, 0.6) is 0 Å². The van der Waals surface area contributed by atoms with Crippen molar-refractivity contribution >= 4 is 11.7 Å². The molecular formula is C20H31NO5. The number of aliphatic carboxylic acids is 1. The largest absolute Gasteiger partial charge is 0.481 e. The molecule has 6 nitrogen and oxygen atoms in total. The first-order valence-electron chi connectivity index (χ1n) is 9.85. The SMILES string of the molecule is C[C@@]12CC[C@@H]3[C@@](C/C1=N\O)(C2)[C@H](O)C[C@H]1[C@@]3(C)[C@@H](O)CC[C@@]1(C)C(=O)O. The van der Waals surface area contributed by atoms with E-state index in [-0.39, 0.29) is 17.3 Å². The zero-order valence-corrected chi connectivity index (χ0v) is 15.9. The van der Waals surface area contributed by atoms with Crippen molar-refractivity contribution in [3.8, 4) is 0 Å². The van der Waals surface area contributed by atoms with Crippen molar-refractivity contribution in [3.63, 3.8) is 0 Å². The summed E-state index contributed by atoms with van der Waals surface area (Å²) in [5.41, 5.74) is -1.34. The van der Waals surface area contributed by atoms with Crippen LogP contribution in [0.4, 0.5) is 0 Å². The number of carbonyl (C=O) groups is 1. The van der Waals surface area contributed by atoms with Crippen molar-refractivity contribution in [3.05, 3.63) is 0 Å². The number of oxime groups is 1. The van der Waals surface area contributed by atoms with Gasteiger partial charge >= 0.3 is 5.97 Å². The minimum absolute atomic E-state index is 0.0325. The molecule has 146 valence electrons. The zero-order chi connectivity index (χ0) is 19.1. The van der Waals surface area contributed by atoms with Crippen LogP contribution >= 0.6 is 0 Å². The number of aliphatic hydroxyl groups is 2. The van der Waals surface area contributed by atoms with Gasteiger partial charge in [-0.2, -0.15) is 0 Å². The Balaban J connectivity index is 1.84. The highest BCUT2D eigenvalue weighted by atomic mass is 16.4. The summed E-state index contributed by atoms with van der Waals surface area (Å²) in [4.78, 5) is 12.1. The van der Waals surface area contributed by atoms with Crippen LogP contribution in [0.3, 0.4) is 0 Å². The smallest absolute Gasteiger partial charge is 0.309 e. The van der Waals surface area contributed by atoms with Gasteiger partial charge in [0.05, 0.1) is 23.3 Å². The van der Waals surface area contributed by atoms with E-state index in [2.05, 4.69) is 19.0 Å². The predicted molar refractivity (Wildman–Crippen MR) is 94.9 cm³/mol. The van der Waals surface area contributed by atoms with E-state index in [1.807, 2.05) is 0 Å². The molecule has 2 bridgehead atoms. The number of nitrogens with zero attached hydrogens (tertiary/aromatic N) is 1. The average molecular weight is 365 g/mol. The Labute approximate surface area is 154 Å². The molecular weight excluding hydrogens is 334 g/mol. The van der Waals surface area contributed by atoms with Gasteiger partial charge in [0.15, 0.2) is 0 Å². The molecule has 4 aliphatic carbocycles. The predicted octanol–water partition coefficient (Wildman–Crippen LogP) is 2.65. The van der Waals surface area contributed by atoms with Crippen molar-refractivity contribution in [1.82, 2.24) is 0 Å². The van der Waals surface area contributed by atoms with Crippen molar-refractivity contribution in [1.29, 1.82) is 0 Å². The third-order valence-electron chi connectivity index (χ3n) is 9.25. The number of carboxylic acid groups (broad SMARTS) is 1. The number of carboxylic acids is 1. The van der Waals surface area contributed by atoms with Gasteiger partial charge < -0.3 is 20.5 Å². The summed E-state index contributed by atoms with van der Waals surface area (Å²) in [5.74, 6) is -1.06. The van der Waals surface area contributed by atoms with Crippen molar-refractivity contribution in [2.45, 2.75) is 77.9 Å². The summed E-state index contributed by atoms with van der Waals surface area (Å²) in [7, 11) is 0. The summed E-state index contributed by atoms with van der Waals surface area (Å²) >= 11 is 0. The third kappa shape index (κ3) is 1.90. The summed E-state index contributed by atoms with van der Waals surface area (Å²) < 4.78 is 0. The number of fused-ring (bicyclic) bond motifs is 3. The standard InChI is InChI=1S/C20H31NO5/c1-17-6-4-11-19(3)12(18(2,16(24)25)7-5-14(19)22)8-15(23)20(11,10-17)9-13(17)21-26/h11-12,14-15,22-23,26H,4-10H2,1-3H3,(H,24,25)/b21-13+/t11-,12+,14-,15+,17-,18+,19-,20+/m0/s1. The molecule has 4 N–H and O–H groups in total. The summed E-state index contributed by atoms with van der Waals surface area (Å²) in [6.07, 6.45) is 3.10. The number of hydrogen-bond donors (Lipinski definition) is 4. The molecule has 8 atom stereocenters. The first-order chi connectivity index (χ1) is 12.0.